The molecule has 1 aromatic heterocycles. The van der Waals surface area contributed by atoms with Crippen LogP contribution in [0.3, 0.4) is 0 Å². The number of fused-ring (bicyclic) bond motifs is 1. The second-order valence-corrected chi connectivity index (χ2v) is 8.65. The van der Waals surface area contributed by atoms with E-state index in [0.29, 0.717) is 32.1 Å². The average Bonchev–Trinajstić information content (AvgIpc) is 3.23. The van der Waals surface area contributed by atoms with Crippen LogP contribution in [0, 0.1) is 0 Å². The van der Waals surface area contributed by atoms with Crippen molar-refractivity contribution in [3.63, 3.8) is 0 Å². The van der Waals surface area contributed by atoms with Crippen LogP contribution in [-0.4, -0.2) is 33.4 Å². The van der Waals surface area contributed by atoms with Crippen LogP contribution in [0.15, 0.2) is 72.8 Å². The lowest BCUT2D eigenvalue weighted by atomic mass is 10.1. The summed E-state index contributed by atoms with van der Waals surface area (Å²) in [5.41, 5.74) is 1.48. The zero-order valence-corrected chi connectivity index (χ0v) is 19.9. The Balaban J connectivity index is 1.61. The van der Waals surface area contributed by atoms with Crippen molar-refractivity contribution in [2.45, 2.75) is 26.0 Å². The highest BCUT2D eigenvalue weighted by Gasteiger charge is 2.27. The van der Waals surface area contributed by atoms with Crippen LogP contribution in [0.4, 0.5) is 0 Å². The van der Waals surface area contributed by atoms with Crippen molar-refractivity contribution in [2.24, 2.45) is 0 Å². The standard InChI is InChI=1S/C26H20Cl2N2O4/c1-15(24(31)17-7-11-19(27)12-8-17)30-22-6-4-3-5-21(22)23(29-30)26(33)34-16(2)25(32)18-9-13-20(28)14-10-18/h3-16H,1-2H3/t15-,16-/m1/s1. The van der Waals surface area contributed by atoms with E-state index < -0.39 is 18.1 Å². The zero-order valence-electron chi connectivity index (χ0n) is 18.4. The molecular formula is C26H20Cl2N2O4. The number of Topliss-reactive ketones (excluding diaryl/α,β-unsaturated/α-hetero) is 2. The predicted molar refractivity (Wildman–Crippen MR) is 131 cm³/mol. The Morgan fingerprint density at radius 3 is 1.91 bits per heavy atom. The number of esters is 1. The molecule has 6 nitrogen and oxygen atoms in total. The first-order valence-electron chi connectivity index (χ1n) is 10.5. The van der Waals surface area contributed by atoms with Crippen LogP contribution in [0.2, 0.25) is 10.0 Å². The molecule has 0 radical (unpaired) electrons. The van der Waals surface area contributed by atoms with Crippen LogP contribution < -0.4 is 0 Å². The van der Waals surface area contributed by atoms with Crippen molar-refractivity contribution in [3.8, 4) is 0 Å². The van der Waals surface area contributed by atoms with Crippen LogP contribution >= 0.6 is 23.2 Å². The number of aromatic nitrogens is 2. The van der Waals surface area contributed by atoms with Crippen molar-refractivity contribution in [1.29, 1.82) is 0 Å². The minimum Gasteiger partial charge on any atom is -0.449 e. The maximum Gasteiger partial charge on any atom is 0.360 e. The maximum absolute atomic E-state index is 13.1. The first kappa shape index (κ1) is 23.7. The highest BCUT2D eigenvalue weighted by Crippen LogP contribution is 2.25. The van der Waals surface area contributed by atoms with E-state index in [0.717, 1.165) is 0 Å². The van der Waals surface area contributed by atoms with Gasteiger partial charge in [0.25, 0.3) is 0 Å². The third kappa shape index (κ3) is 4.74. The molecule has 172 valence electrons. The minimum absolute atomic E-state index is 0.0297. The van der Waals surface area contributed by atoms with Gasteiger partial charge in [-0.05, 0) is 68.4 Å². The number of carbonyl (C=O) groups is 3. The van der Waals surface area contributed by atoms with Crippen LogP contribution in [0.1, 0.15) is 51.1 Å². The Kier molecular flexibility index (Phi) is 6.82. The lowest BCUT2D eigenvalue weighted by Crippen LogP contribution is -2.25. The lowest BCUT2D eigenvalue weighted by Gasteiger charge is -2.13. The van der Waals surface area contributed by atoms with Crippen molar-refractivity contribution in [3.05, 3.63) is 99.7 Å². The summed E-state index contributed by atoms with van der Waals surface area (Å²) in [7, 11) is 0. The molecule has 0 saturated carbocycles. The number of para-hydroxylation sites is 1. The summed E-state index contributed by atoms with van der Waals surface area (Å²) in [5.74, 6) is -1.30. The van der Waals surface area contributed by atoms with Gasteiger partial charge in [0, 0.05) is 26.6 Å². The van der Waals surface area contributed by atoms with Gasteiger partial charge in [0.2, 0.25) is 5.78 Å². The van der Waals surface area contributed by atoms with E-state index in [1.807, 2.05) is 0 Å². The van der Waals surface area contributed by atoms with E-state index >= 15 is 0 Å². The second kappa shape index (κ2) is 9.79. The fraction of sp³-hybridized carbons (Fsp3) is 0.154. The number of hydrogen-bond donors (Lipinski definition) is 0. The van der Waals surface area contributed by atoms with Crippen molar-refractivity contribution >= 4 is 51.6 Å². The molecule has 3 aromatic carbocycles. The topological polar surface area (TPSA) is 78.3 Å². The van der Waals surface area contributed by atoms with Gasteiger partial charge in [-0.2, -0.15) is 5.10 Å². The number of nitrogens with zero attached hydrogens (tertiary/aromatic N) is 2. The summed E-state index contributed by atoms with van der Waals surface area (Å²) < 4.78 is 6.94. The largest absolute Gasteiger partial charge is 0.449 e. The number of halogens is 2. The fourth-order valence-electron chi connectivity index (χ4n) is 3.62. The van der Waals surface area contributed by atoms with Gasteiger partial charge in [-0.1, -0.05) is 41.4 Å². The van der Waals surface area contributed by atoms with E-state index in [2.05, 4.69) is 5.10 Å². The number of ketones is 2. The Morgan fingerprint density at radius 1 is 0.794 bits per heavy atom. The van der Waals surface area contributed by atoms with Gasteiger partial charge in [-0.3, -0.25) is 14.3 Å². The first-order valence-corrected chi connectivity index (χ1v) is 11.3. The number of ether oxygens (including phenoxy) is 1. The highest BCUT2D eigenvalue weighted by atomic mass is 35.5. The van der Waals surface area contributed by atoms with E-state index in [1.165, 1.54) is 11.6 Å². The van der Waals surface area contributed by atoms with Crippen molar-refractivity contribution in [2.75, 3.05) is 0 Å². The summed E-state index contributed by atoms with van der Waals surface area (Å²) >= 11 is 11.8. The highest BCUT2D eigenvalue weighted by molar-refractivity contribution is 6.31. The summed E-state index contributed by atoms with van der Waals surface area (Å²) in [5, 5.41) is 5.97. The normalized spacial score (nSPS) is 12.8. The average molecular weight is 495 g/mol. The molecule has 0 aliphatic heterocycles. The molecule has 0 amide bonds. The Hall–Kier alpha value is -3.48. The third-order valence-corrected chi connectivity index (χ3v) is 5.97. The molecule has 0 spiro atoms. The molecule has 0 unspecified atom stereocenters. The van der Waals surface area contributed by atoms with Crippen LogP contribution in [0.25, 0.3) is 10.9 Å². The Bertz CT molecular complexity index is 1380. The molecule has 4 aromatic rings. The summed E-state index contributed by atoms with van der Waals surface area (Å²) in [4.78, 5) is 38.7. The van der Waals surface area contributed by atoms with Crippen molar-refractivity contribution < 1.29 is 19.1 Å². The summed E-state index contributed by atoms with van der Waals surface area (Å²) in [6.07, 6.45) is -1.04. The van der Waals surface area contributed by atoms with Crippen molar-refractivity contribution in [1.82, 2.24) is 9.78 Å². The Morgan fingerprint density at radius 2 is 1.32 bits per heavy atom. The molecule has 0 saturated heterocycles. The van der Waals surface area contributed by atoms with E-state index in [4.69, 9.17) is 27.9 Å². The van der Waals surface area contributed by atoms with Gasteiger partial charge in [-0.15, -0.1) is 0 Å². The second-order valence-electron chi connectivity index (χ2n) is 7.78. The van der Waals surface area contributed by atoms with Gasteiger partial charge in [0.05, 0.1) is 5.52 Å². The smallest absolute Gasteiger partial charge is 0.360 e. The van der Waals surface area contributed by atoms with Gasteiger partial charge < -0.3 is 4.74 Å². The number of hydrogen-bond acceptors (Lipinski definition) is 5. The third-order valence-electron chi connectivity index (χ3n) is 5.46. The fourth-order valence-corrected chi connectivity index (χ4v) is 3.87. The first-order chi connectivity index (χ1) is 16.3. The van der Waals surface area contributed by atoms with Gasteiger partial charge in [0.1, 0.15) is 6.04 Å². The van der Waals surface area contributed by atoms with Crippen LogP contribution in [0.5, 0.6) is 0 Å². The molecule has 0 N–H and O–H groups in total. The molecular weight excluding hydrogens is 475 g/mol. The SMILES string of the molecule is C[C@H](C(=O)c1ccc(Cl)cc1)n1nc(C(=O)O[C@H](C)C(=O)c2ccc(Cl)cc2)c2ccccc21. The number of carbonyl (C=O) groups excluding carboxylic acids is 3. The summed E-state index contributed by atoms with van der Waals surface area (Å²) in [6, 6.07) is 19.3. The molecule has 8 heteroatoms. The monoisotopic (exact) mass is 494 g/mol. The maximum atomic E-state index is 13.1. The van der Waals surface area contributed by atoms with Crippen LogP contribution in [-0.2, 0) is 4.74 Å². The molecule has 1 heterocycles. The summed E-state index contributed by atoms with van der Waals surface area (Å²) in [6.45, 7) is 3.21. The molecule has 34 heavy (non-hydrogen) atoms. The molecule has 0 bridgehead atoms. The molecule has 0 fully saturated rings. The molecule has 0 aliphatic rings. The zero-order chi connectivity index (χ0) is 24.4. The molecule has 0 aliphatic carbocycles. The lowest BCUT2D eigenvalue weighted by molar-refractivity contribution is 0.0313. The van der Waals surface area contributed by atoms with E-state index in [1.54, 1.807) is 79.7 Å². The molecule has 2 atom stereocenters. The molecule has 4 rings (SSSR count). The predicted octanol–water partition coefficient (Wildman–Crippen LogP) is 6.22. The minimum atomic E-state index is -1.04. The van der Waals surface area contributed by atoms with Gasteiger partial charge >= 0.3 is 5.97 Å². The number of benzene rings is 3. The van der Waals surface area contributed by atoms with Gasteiger partial charge in [0.15, 0.2) is 17.6 Å². The van der Waals surface area contributed by atoms with Gasteiger partial charge in [-0.25, -0.2) is 4.79 Å². The Labute approximate surface area is 206 Å². The number of rotatable bonds is 7. The quantitative estimate of drug-likeness (QED) is 0.225. The van der Waals surface area contributed by atoms with E-state index in [9.17, 15) is 14.4 Å². The van der Waals surface area contributed by atoms with E-state index in [-0.39, 0.29) is 17.3 Å².